The van der Waals surface area contributed by atoms with E-state index in [9.17, 15) is 0 Å². The van der Waals surface area contributed by atoms with E-state index in [-0.39, 0.29) is 0 Å². The average Bonchev–Trinajstić information content (AvgIpc) is 2.65. The van der Waals surface area contributed by atoms with Crippen LogP contribution in [0.1, 0.15) is 32.4 Å². The lowest BCUT2D eigenvalue weighted by atomic mass is 10.00. The second-order valence-electron chi connectivity index (χ2n) is 4.29. The van der Waals surface area contributed by atoms with Crippen LogP contribution >= 0.6 is 11.3 Å². The second kappa shape index (κ2) is 5.05. The summed E-state index contributed by atoms with van der Waals surface area (Å²) in [6.07, 6.45) is 2.96. The minimum atomic E-state index is 0.377. The van der Waals surface area contributed by atoms with E-state index in [0.29, 0.717) is 18.2 Å². The number of hydrogen-bond donors (Lipinski definition) is 1. The molecular formula is C11H18N2OS. The molecule has 84 valence electrons. The van der Waals surface area contributed by atoms with Gasteiger partial charge < -0.3 is 10.1 Å². The summed E-state index contributed by atoms with van der Waals surface area (Å²) in [5.41, 5.74) is 3.03. The fraction of sp³-hybridized carbons (Fsp3) is 0.727. The molecule has 0 spiro atoms. The predicted octanol–water partition coefficient (Wildman–Crippen LogP) is 2.19. The van der Waals surface area contributed by atoms with Crippen molar-refractivity contribution in [3.8, 4) is 0 Å². The Morgan fingerprint density at radius 2 is 2.20 bits per heavy atom. The highest BCUT2D eigenvalue weighted by atomic mass is 32.1. The van der Waals surface area contributed by atoms with Crippen LogP contribution in [-0.2, 0) is 11.3 Å². The van der Waals surface area contributed by atoms with Crippen LogP contribution in [0.25, 0.3) is 0 Å². The third-order valence-corrected chi connectivity index (χ3v) is 3.39. The monoisotopic (exact) mass is 226 g/mol. The third-order valence-electron chi connectivity index (χ3n) is 2.75. The lowest BCUT2D eigenvalue weighted by Crippen LogP contribution is -2.40. The molecular weight excluding hydrogens is 208 g/mol. The number of nitrogens with zero attached hydrogens (tertiary/aromatic N) is 1. The number of rotatable bonds is 3. The van der Waals surface area contributed by atoms with E-state index in [4.69, 9.17) is 4.74 Å². The molecule has 0 bridgehead atoms. The zero-order chi connectivity index (χ0) is 10.7. The molecule has 0 aromatic carbocycles. The molecule has 1 aliphatic heterocycles. The van der Waals surface area contributed by atoms with Gasteiger partial charge in [0, 0.05) is 18.0 Å². The van der Waals surface area contributed by atoms with E-state index < -0.39 is 0 Å². The maximum Gasteiger partial charge on any atom is 0.0795 e. The van der Waals surface area contributed by atoms with E-state index in [1.807, 2.05) is 5.51 Å². The smallest absolute Gasteiger partial charge is 0.0795 e. The maximum absolute atomic E-state index is 5.70. The van der Waals surface area contributed by atoms with Crippen molar-refractivity contribution in [2.75, 3.05) is 0 Å². The minimum Gasteiger partial charge on any atom is -0.375 e. The molecule has 0 amide bonds. The lowest BCUT2D eigenvalue weighted by Gasteiger charge is -2.32. The number of hydrogen-bond acceptors (Lipinski definition) is 4. The zero-order valence-corrected chi connectivity index (χ0v) is 10.1. The van der Waals surface area contributed by atoms with Crippen molar-refractivity contribution in [1.29, 1.82) is 0 Å². The first-order valence-electron chi connectivity index (χ1n) is 5.50. The highest BCUT2D eigenvalue weighted by Crippen LogP contribution is 2.19. The van der Waals surface area contributed by atoms with Gasteiger partial charge in [0.2, 0.25) is 0 Å². The van der Waals surface area contributed by atoms with Crippen molar-refractivity contribution < 1.29 is 4.74 Å². The summed E-state index contributed by atoms with van der Waals surface area (Å²) >= 11 is 1.65. The number of nitrogens with one attached hydrogen (secondary N) is 1. The predicted molar refractivity (Wildman–Crippen MR) is 62.0 cm³/mol. The Balaban J connectivity index is 1.79. The summed E-state index contributed by atoms with van der Waals surface area (Å²) in [7, 11) is 0. The second-order valence-corrected chi connectivity index (χ2v) is 5.01. The Hall–Kier alpha value is -0.450. The van der Waals surface area contributed by atoms with Gasteiger partial charge >= 0.3 is 0 Å². The molecule has 0 radical (unpaired) electrons. The standard InChI is InChI=1S/C11H18N2OS/c1-8-3-10(4-9(2)14-8)12-5-11-6-15-7-13-11/h6-10,12H,3-5H2,1-2H3. The van der Waals surface area contributed by atoms with Gasteiger partial charge in [0.25, 0.3) is 0 Å². The molecule has 1 aromatic rings. The van der Waals surface area contributed by atoms with Gasteiger partial charge in [-0.05, 0) is 26.7 Å². The topological polar surface area (TPSA) is 34.2 Å². The Morgan fingerprint density at radius 3 is 2.80 bits per heavy atom. The van der Waals surface area contributed by atoms with Crippen LogP contribution in [0, 0.1) is 0 Å². The van der Waals surface area contributed by atoms with Crippen molar-refractivity contribution in [3.63, 3.8) is 0 Å². The van der Waals surface area contributed by atoms with E-state index in [1.165, 1.54) is 0 Å². The van der Waals surface area contributed by atoms with Gasteiger partial charge in [0.05, 0.1) is 23.4 Å². The first kappa shape index (κ1) is 11.0. The van der Waals surface area contributed by atoms with Crippen LogP contribution in [0.2, 0.25) is 0 Å². The van der Waals surface area contributed by atoms with Gasteiger partial charge in [-0.25, -0.2) is 4.98 Å². The van der Waals surface area contributed by atoms with Crippen LogP contribution < -0.4 is 5.32 Å². The van der Waals surface area contributed by atoms with Crippen molar-refractivity contribution in [2.45, 2.75) is 51.5 Å². The van der Waals surface area contributed by atoms with Gasteiger partial charge in [-0.15, -0.1) is 11.3 Å². The van der Waals surface area contributed by atoms with Gasteiger partial charge in [-0.1, -0.05) is 0 Å². The van der Waals surface area contributed by atoms with Crippen molar-refractivity contribution in [3.05, 3.63) is 16.6 Å². The normalized spacial score (nSPS) is 31.7. The van der Waals surface area contributed by atoms with E-state index in [2.05, 4.69) is 29.5 Å². The molecule has 1 aromatic heterocycles. The third kappa shape index (κ3) is 3.26. The summed E-state index contributed by atoms with van der Waals surface area (Å²) in [4.78, 5) is 4.26. The molecule has 15 heavy (non-hydrogen) atoms. The molecule has 1 saturated heterocycles. The SMILES string of the molecule is CC1CC(NCc2cscn2)CC(C)O1. The molecule has 3 nitrogen and oxygen atoms in total. The largest absolute Gasteiger partial charge is 0.375 e. The zero-order valence-electron chi connectivity index (χ0n) is 9.27. The average molecular weight is 226 g/mol. The highest BCUT2D eigenvalue weighted by Gasteiger charge is 2.23. The molecule has 1 aliphatic rings. The molecule has 1 N–H and O–H groups in total. The van der Waals surface area contributed by atoms with Gasteiger partial charge in [0.1, 0.15) is 0 Å². The molecule has 1 fully saturated rings. The fourth-order valence-electron chi connectivity index (χ4n) is 2.15. The summed E-state index contributed by atoms with van der Waals surface area (Å²) in [6, 6.07) is 0.574. The van der Waals surface area contributed by atoms with E-state index in [1.54, 1.807) is 11.3 Å². The van der Waals surface area contributed by atoms with Crippen LogP contribution in [0.4, 0.5) is 0 Å². The Kier molecular flexibility index (Phi) is 3.72. The number of aromatic nitrogens is 1. The summed E-state index contributed by atoms with van der Waals surface area (Å²) in [5, 5.41) is 5.65. The quantitative estimate of drug-likeness (QED) is 0.858. The van der Waals surface area contributed by atoms with Crippen LogP contribution in [0.5, 0.6) is 0 Å². The first-order chi connectivity index (χ1) is 7.24. The first-order valence-corrected chi connectivity index (χ1v) is 6.44. The van der Waals surface area contributed by atoms with Crippen LogP contribution in [-0.4, -0.2) is 23.2 Å². The van der Waals surface area contributed by atoms with Crippen LogP contribution in [0.3, 0.4) is 0 Å². The molecule has 2 atom stereocenters. The van der Waals surface area contributed by atoms with Gasteiger partial charge in [0.15, 0.2) is 0 Å². The molecule has 2 unspecified atom stereocenters. The Morgan fingerprint density at radius 1 is 1.47 bits per heavy atom. The van der Waals surface area contributed by atoms with E-state index in [0.717, 1.165) is 25.1 Å². The van der Waals surface area contributed by atoms with Crippen molar-refractivity contribution in [1.82, 2.24) is 10.3 Å². The Labute approximate surface area is 94.9 Å². The van der Waals surface area contributed by atoms with Gasteiger partial charge in [-0.2, -0.15) is 0 Å². The maximum atomic E-state index is 5.70. The number of ether oxygens (including phenoxy) is 1. The van der Waals surface area contributed by atoms with Gasteiger partial charge in [-0.3, -0.25) is 0 Å². The lowest BCUT2D eigenvalue weighted by molar-refractivity contribution is -0.0423. The van der Waals surface area contributed by atoms with Crippen molar-refractivity contribution in [2.24, 2.45) is 0 Å². The summed E-state index contributed by atoms with van der Waals surface area (Å²) in [5.74, 6) is 0. The fourth-order valence-corrected chi connectivity index (χ4v) is 2.70. The minimum absolute atomic E-state index is 0.377. The number of thiazole rings is 1. The van der Waals surface area contributed by atoms with Crippen LogP contribution in [0.15, 0.2) is 10.9 Å². The molecule has 0 saturated carbocycles. The Bertz CT molecular complexity index is 279. The summed E-state index contributed by atoms with van der Waals surface area (Å²) in [6.45, 7) is 5.17. The molecule has 0 aliphatic carbocycles. The molecule has 2 rings (SSSR count). The highest BCUT2D eigenvalue weighted by molar-refractivity contribution is 7.07. The van der Waals surface area contributed by atoms with Crippen molar-refractivity contribution >= 4 is 11.3 Å². The molecule has 4 heteroatoms. The summed E-state index contributed by atoms with van der Waals surface area (Å²) < 4.78 is 5.70. The molecule has 2 heterocycles. The van der Waals surface area contributed by atoms with E-state index >= 15 is 0 Å².